The number of rotatable bonds is 6. The number of aromatic nitrogens is 2. The lowest BCUT2D eigenvalue weighted by molar-refractivity contribution is 0.354. The second-order valence-corrected chi connectivity index (χ2v) is 5.84. The van der Waals surface area contributed by atoms with Crippen molar-refractivity contribution in [1.82, 2.24) is 15.5 Å². The van der Waals surface area contributed by atoms with E-state index in [0.29, 0.717) is 23.8 Å². The molecule has 0 aliphatic heterocycles. The molecule has 114 valence electrons. The number of nitrogens with zero attached hydrogens (tertiary/aromatic N) is 2. The van der Waals surface area contributed by atoms with Crippen LogP contribution in [0, 0.1) is 5.82 Å². The molecule has 0 atom stereocenters. The van der Waals surface area contributed by atoms with Crippen LogP contribution in [-0.4, -0.2) is 10.1 Å². The molecule has 0 amide bonds. The van der Waals surface area contributed by atoms with Crippen LogP contribution in [0.25, 0.3) is 0 Å². The van der Waals surface area contributed by atoms with Crippen LogP contribution in [0.1, 0.15) is 44.5 Å². The molecule has 0 saturated carbocycles. The zero-order valence-electron chi connectivity index (χ0n) is 12.4. The molecule has 2 aromatic rings. The number of hydrogen-bond acceptors (Lipinski definition) is 4. The second kappa shape index (κ2) is 6.54. The van der Waals surface area contributed by atoms with Gasteiger partial charge in [-0.25, -0.2) is 4.39 Å². The minimum atomic E-state index is -0.597. The molecule has 0 bridgehead atoms. The molecule has 0 spiro atoms. The van der Waals surface area contributed by atoms with Crippen LogP contribution < -0.4 is 5.32 Å². The second-order valence-electron chi connectivity index (χ2n) is 5.43. The Morgan fingerprint density at radius 1 is 1.38 bits per heavy atom. The van der Waals surface area contributed by atoms with Gasteiger partial charge < -0.3 is 9.84 Å². The van der Waals surface area contributed by atoms with Crippen molar-refractivity contribution < 1.29 is 8.91 Å². The summed E-state index contributed by atoms with van der Waals surface area (Å²) < 4.78 is 19.2. The van der Waals surface area contributed by atoms with Crippen molar-refractivity contribution in [3.8, 4) is 0 Å². The Hall–Kier alpha value is -1.46. The highest BCUT2D eigenvalue weighted by atomic mass is 35.5. The Morgan fingerprint density at radius 2 is 2.14 bits per heavy atom. The zero-order chi connectivity index (χ0) is 15.5. The van der Waals surface area contributed by atoms with E-state index in [0.717, 1.165) is 12.8 Å². The van der Waals surface area contributed by atoms with Gasteiger partial charge in [0.1, 0.15) is 5.82 Å². The molecular weight excluding hydrogens is 293 g/mol. The Morgan fingerprint density at radius 3 is 2.86 bits per heavy atom. The maximum absolute atomic E-state index is 14.1. The SMILES string of the molecule is CCCc1nc(CNC(C)(C)c2cccc(Cl)c2F)no1. The quantitative estimate of drug-likeness (QED) is 0.880. The van der Waals surface area contributed by atoms with Crippen LogP contribution >= 0.6 is 11.6 Å². The van der Waals surface area contributed by atoms with Crippen LogP contribution in [0.5, 0.6) is 0 Å². The summed E-state index contributed by atoms with van der Waals surface area (Å²) in [6.07, 6.45) is 1.72. The van der Waals surface area contributed by atoms with Crippen molar-refractivity contribution in [2.24, 2.45) is 0 Å². The van der Waals surface area contributed by atoms with Gasteiger partial charge >= 0.3 is 0 Å². The topological polar surface area (TPSA) is 51.0 Å². The Bertz CT molecular complexity index is 613. The van der Waals surface area contributed by atoms with E-state index in [1.54, 1.807) is 12.1 Å². The minimum Gasteiger partial charge on any atom is -0.339 e. The molecule has 0 saturated heterocycles. The van der Waals surface area contributed by atoms with E-state index >= 15 is 0 Å². The average molecular weight is 312 g/mol. The normalized spacial score (nSPS) is 11.9. The van der Waals surface area contributed by atoms with Gasteiger partial charge in [0.15, 0.2) is 5.82 Å². The molecule has 0 aliphatic rings. The third kappa shape index (κ3) is 3.80. The fraction of sp³-hybridized carbons (Fsp3) is 0.467. The first kappa shape index (κ1) is 15.9. The first-order valence-electron chi connectivity index (χ1n) is 6.95. The van der Waals surface area contributed by atoms with E-state index in [-0.39, 0.29) is 5.02 Å². The largest absolute Gasteiger partial charge is 0.339 e. The summed E-state index contributed by atoms with van der Waals surface area (Å²) >= 11 is 5.83. The molecular formula is C15H19ClFN3O. The Balaban J connectivity index is 2.08. The van der Waals surface area contributed by atoms with Crippen LogP contribution in [0.15, 0.2) is 22.7 Å². The van der Waals surface area contributed by atoms with Crippen molar-refractivity contribution in [3.05, 3.63) is 46.3 Å². The van der Waals surface area contributed by atoms with E-state index in [4.69, 9.17) is 16.1 Å². The molecule has 0 unspecified atom stereocenters. The van der Waals surface area contributed by atoms with Gasteiger partial charge in [-0.15, -0.1) is 0 Å². The Kier molecular flexibility index (Phi) is 4.96. The number of hydrogen-bond donors (Lipinski definition) is 1. The predicted octanol–water partition coefficient (Wildman–Crippen LogP) is 3.84. The van der Waals surface area contributed by atoms with Gasteiger partial charge in [0.2, 0.25) is 5.89 Å². The zero-order valence-corrected chi connectivity index (χ0v) is 13.2. The highest BCUT2D eigenvalue weighted by Crippen LogP contribution is 2.27. The highest BCUT2D eigenvalue weighted by molar-refractivity contribution is 6.30. The summed E-state index contributed by atoms with van der Waals surface area (Å²) in [5.74, 6) is 0.784. The monoisotopic (exact) mass is 311 g/mol. The van der Waals surface area contributed by atoms with Gasteiger partial charge in [-0.3, -0.25) is 0 Å². The molecule has 1 aromatic heterocycles. The summed E-state index contributed by atoms with van der Waals surface area (Å²) in [6.45, 7) is 6.21. The van der Waals surface area contributed by atoms with E-state index in [1.165, 1.54) is 6.07 Å². The summed E-state index contributed by atoms with van der Waals surface area (Å²) in [5.41, 5.74) is -0.0900. The molecule has 4 nitrogen and oxygen atoms in total. The van der Waals surface area contributed by atoms with Crippen LogP contribution in [0.4, 0.5) is 4.39 Å². The number of benzene rings is 1. The summed E-state index contributed by atoms with van der Waals surface area (Å²) in [7, 11) is 0. The maximum atomic E-state index is 14.1. The molecule has 2 rings (SSSR count). The van der Waals surface area contributed by atoms with Gasteiger partial charge in [0.25, 0.3) is 0 Å². The van der Waals surface area contributed by atoms with E-state index < -0.39 is 11.4 Å². The maximum Gasteiger partial charge on any atom is 0.226 e. The molecule has 0 aliphatic carbocycles. The lowest BCUT2D eigenvalue weighted by Gasteiger charge is -2.27. The van der Waals surface area contributed by atoms with Crippen molar-refractivity contribution >= 4 is 11.6 Å². The lowest BCUT2D eigenvalue weighted by atomic mass is 9.93. The van der Waals surface area contributed by atoms with Crippen LogP contribution in [0.2, 0.25) is 5.02 Å². The van der Waals surface area contributed by atoms with Gasteiger partial charge in [-0.1, -0.05) is 35.8 Å². The van der Waals surface area contributed by atoms with E-state index in [9.17, 15) is 4.39 Å². The minimum absolute atomic E-state index is 0.118. The third-order valence-corrected chi connectivity index (χ3v) is 3.58. The molecule has 1 aromatic carbocycles. The van der Waals surface area contributed by atoms with Crippen molar-refractivity contribution in [2.75, 3.05) is 0 Å². The molecule has 0 radical (unpaired) electrons. The lowest BCUT2D eigenvalue weighted by Crippen LogP contribution is -2.37. The van der Waals surface area contributed by atoms with Gasteiger partial charge in [-0.05, 0) is 26.3 Å². The smallest absolute Gasteiger partial charge is 0.226 e. The van der Waals surface area contributed by atoms with Gasteiger partial charge in [0.05, 0.1) is 11.6 Å². The first-order valence-corrected chi connectivity index (χ1v) is 7.33. The first-order chi connectivity index (χ1) is 9.94. The number of aryl methyl sites for hydroxylation is 1. The number of halogens is 2. The standard InChI is InChI=1S/C15H19ClFN3O/c1-4-6-13-19-12(20-21-13)9-18-15(2,3)10-7-5-8-11(16)14(10)17/h5,7-8,18H,4,6,9H2,1-3H3. The highest BCUT2D eigenvalue weighted by Gasteiger charge is 2.25. The van der Waals surface area contributed by atoms with Crippen molar-refractivity contribution in [3.63, 3.8) is 0 Å². The average Bonchev–Trinajstić information content (AvgIpc) is 2.88. The molecule has 0 fully saturated rings. The molecule has 21 heavy (non-hydrogen) atoms. The van der Waals surface area contributed by atoms with Crippen molar-refractivity contribution in [1.29, 1.82) is 0 Å². The fourth-order valence-electron chi connectivity index (χ4n) is 2.06. The summed E-state index contributed by atoms with van der Waals surface area (Å²) in [5, 5.41) is 7.25. The van der Waals surface area contributed by atoms with Crippen LogP contribution in [0.3, 0.4) is 0 Å². The van der Waals surface area contributed by atoms with E-state index in [1.807, 2.05) is 20.8 Å². The van der Waals surface area contributed by atoms with Crippen LogP contribution in [-0.2, 0) is 18.5 Å². The van der Waals surface area contributed by atoms with Gasteiger partial charge in [-0.2, -0.15) is 4.98 Å². The molecule has 6 heteroatoms. The Labute approximate surface area is 128 Å². The third-order valence-electron chi connectivity index (χ3n) is 3.29. The summed E-state index contributed by atoms with van der Waals surface area (Å²) in [4.78, 5) is 4.28. The summed E-state index contributed by atoms with van der Waals surface area (Å²) in [6, 6.07) is 4.98. The van der Waals surface area contributed by atoms with Crippen molar-refractivity contribution in [2.45, 2.75) is 45.7 Å². The van der Waals surface area contributed by atoms with Gasteiger partial charge in [0, 0.05) is 17.5 Å². The molecule has 1 N–H and O–H groups in total. The van der Waals surface area contributed by atoms with E-state index in [2.05, 4.69) is 15.5 Å². The molecule has 1 heterocycles. The fourth-order valence-corrected chi connectivity index (χ4v) is 2.23. The number of nitrogens with one attached hydrogen (secondary N) is 1. The predicted molar refractivity (Wildman–Crippen MR) is 79.6 cm³/mol.